The van der Waals surface area contributed by atoms with E-state index in [9.17, 15) is 19.7 Å². The summed E-state index contributed by atoms with van der Waals surface area (Å²) in [5, 5.41) is 12.0. The second-order valence-corrected chi connectivity index (χ2v) is 11.9. The number of hydrogen-bond donors (Lipinski definition) is 0. The molecule has 0 saturated carbocycles. The molecular weight excluding hydrogens is 608 g/mol. The number of nitro benzene ring substituents is 1. The van der Waals surface area contributed by atoms with Gasteiger partial charge in [0.05, 0.1) is 29.4 Å². The highest BCUT2D eigenvalue weighted by Gasteiger charge is 2.42. The van der Waals surface area contributed by atoms with Gasteiger partial charge in [-0.15, -0.1) is 0 Å². The van der Waals surface area contributed by atoms with Crippen molar-refractivity contribution in [2.75, 3.05) is 27.3 Å². The number of likely N-dealkylation sites (N-methyl/N-ethyl adjacent to an activating group) is 1. The van der Waals surface area contributed by atoms with Crippen LogP contribution in [0.2, 0.25) is 0 Å². The van der Waals surface area contributed by atoms with Crippen LogP contribution < -0.4 is 4.74 Å². The van der Waals surface area contributed by atoms with Crippen LogP contribution in [0.3, 0.4) is 0 Å². The highest BCUT2D eigenvalue weighted by Crippen LogP contribution is 2.40. The van der Waals surface area contributed by atoms with E-state index >= 15 is 0 Å². The Morgan fingerprint density at radius 3 is 2.41 bits per heavy atom. The van der Waals surface area contributed by atoms with Crippen molar-refractivity contribution < 1.29 is 28.7 Å². The van der Waals surface area contributed by atoms with Gasteiger partial charge in [-0.05, 0) is 56.6 Å². The molecule has 1 heterocycles. The number of amides is 1. The summed E-state index contributed by atoms with van der Waals surface area (Å²) in [5.41, 5.74) is 2.67. The lowest BCUT2D eigenvalue weighted by atomic mass is 9.94. The summed E-state index contributed by atoms with van der Waals surface area (Å²) in [6.45, 7) is 6.27. The van der Waals surface area contributed by atoms with Gasteiger partial charge in [-0.2, -0.15) is 0 Å². The summed E-state index contributed by atoms with van der Waals surface area (Å²) in [7, 11) is 3.52. The van der Waals surface area contributed by atoms with Crippen LogP contribution in [-0.2, 0) is 26.6 Å². The maximum atomic E-state index is 14.0. The smallest absolute Gasteiger partial charge is 0.416 e. The summed E-state index contributed by atoms with van der Waals surface area (Å²) in [6.07, 6.45) is -1.19. The third-order valence-corrected chi connectivity index (χ3v) is 8.09. The zero-order valence-corrected chi connectivity index (χ0v) is 27.4. The fourth-order valence-electron chi connectivity index (χ4n) is 4.84. The Morgan fingerprint density at radius 1 is 1.04 bits per heavy atom. The normalized spacial score (nSPS) is 14.7. The highest BCUT2D eigenvalue weighted by atomic mass is 32.2. The van der Waals surface area contributed by atoms with Gasteiger partial charge in [-0.1, -0.05) is 66.4 Å². The minimum absolute atomic E-state index is 0.0607. The van der Waals surface area contributed by atoms with Gasteiger partial charge >= 0.3 is 12.1 Å². The summed E-state index contributed by atoms with van der Waals surface area (Å²) < 4.78 is 16.6. The van der Waals surface area contributed by atoms with Crippen molar-refractivity contribution in [2.24, 2.45) is 4.99 Å². The van der Waals surface area contributed by atoms with Gasteiger partial charge in [0.1, 0.15) is 18.4 Å². The number of thioether (sulfide) groups is 1. The summed E-state index contributed by atoms with van der Waals surface area (Å²) in [5.74, 6) is 0.476. The molecule has 1 amide bonds. The lowest BCUT2D eigenvalue weighted by Crippen LogP contribution is -2.44. The number of methoxy groups -OCH3 is 1. The number of esters is 1. The van der Waals surface area contributed by atoms with E-state index in [0.717, 1.165) is 11.1 Å². The van der Waals surface area contributed by atoms with Crippen molar-refractivity contribution in [1.82, 2.24) is 9.80 Å². The zero-order valence-electron chi connectivity index (χ0n) is 26.5. The van der Waals surface area contributed by atoms with E-state index in [1.54, 1.807) is 33.9 Å². The van der Waals surface area contributed by atoms with Crippen LogP contribution in [0.1, 0.15) is 43.5 Å². The number of allylic oxidation sites excluding steroid dienone is 1. The molecule has 1 atom stereocenters. The van der Waals surface area contributed by atoms with Crippen molar-refractivity contribution in [3.63, 3.8) is 0 Å². The van der Waals surface area contributed by atoms with Gasteiger partial charge in [0.25, 0.3) is 5.69 Å². The van der Waals surface area contributed by atoms with Gasteiger partial charge < -0.3 is 14.2 Å². The SMILES string of the molecule is COc1ccc(CSC2=NC(C)=C(C(=O)OC(C)C)C(c3cccc([N+](=O)[O-])c3)N2C(=O)OCCN(C)Cc2ccccc2)cc1. The van der Waals surface area contributed by atoms with Crippen molar-refractivity contribution in [3.8, 4) is 5.75 Å². The van der Waals surface area contributed by atoms with Crippen LogP contribution in [0.25, 0.3) is 0 Å². The van der Waals surface area contributed by atoms with E-state index in [0.29, 0.717) is 35.9 Å². The second-order valence-electron chi connectivity index (χ2n) is 10.9. The lowest BCUT2D eigenvalue weighted by Gasteiger charge is -2.36. The van der Waals surface area contributed by atoms with Gasteiger partial charge in [0.2, 0.25) is 0 Å². The Labute approximate surface area is 273 Å². The number of ether oxygens (including phenoxy) is 3. The van der Waals surface area contributed by atoms with Crippen LogP contribution >= 0.6 is 11.8 Å². The third kappa shape index (κ3) is 8.95. The number of aliphatic imine (C=N–C) groups is 1. The Bertz CT molecular complexity index is 1590. The molecule has 0 bridgehead atoms. The molecule has 1 aliphatic rings. The maximum Gasteiger partial charge on any atom is 0.416 e. The van der Waals surface area contributed by atoms with Crippen molar-refractivity contribution >= 4 is 34.7 Å². The number of carbonyl (C=O) groups is 2. The maximum absolute atomic E-state index is 14.0. The van der Waals surface area contributed by atoms with Crippen molar-refractivity contribution in [3.05, 3.63) is 117 Å². The van der Waals surface area contributed by atoms with Crippen molar-refractivity contribution in [2.45, 2.75) is 45.2 Å². The molecule has 0 fully saturated rings. The molecular formula is C34H38N4O7S. The number of amidine groups is 1. The molecule has 242 valence electrons. The van der Waals surface area contributed by atoms with E-state index in [1.165, 1.54) is 34.9 Å². The van der Waals surface area contributed by atoms with E-state index in [-0.39, 0.29) is 23.0 Å². The van der Waals surface area contributed by atoms with Crippen molar-refractivity contribution in [1.29, 1.82) is 0 Å². The Balaban J connectivity index is 1.68. The zero-order chi connectivity index (χ0) is 33.2. The number of non-ortho nitro benzene ring substituents is 1. The Kier molecular flexibility index (Phi) is 11.9. The molecule has 1 aliphatic heterocycles. The van der Waals surface area contributed by atoms with Gasteiger partial charge in [-0.25, -0.2) is 19.5 Å². The molecule has 0 N–H and O–H groups in total. The fraction of sp³-hybridized carbons (Fsp3) is 0.324. The standard InChI is InChI=1S/C34H38N4O7S/c1-23(2)45-32(39)30-24(3)35-33(46-22-26-14-16-29(43-5)17-15-26)37(31(30)27-12-9-13-28(20-27)38(41)42)34(40)44-19-18-36(4)21-25-10-7-6-8-11-25/h6-17,20,23,31H,18-19,21-22H2,1-5H3. The number of nitrogens with zero attached hydrogens (tertiary/aromatic N) is 4. The number of rotatable bonds is 12. The first kappa shape index (κ1) is 34.2. The Morgan fingerprint density at radius 2 is 1.76 bits per heavy atom. The largest absolute Gasteiger partial charge is 0.497 e. The first-order chi connectivity index (χ1) is 22.1. The third-order valence-electron chi connectivity index (χ3n) is 7.07. The first-order valence-electron chi connectivity index (χ1n) is 14.8. The van der Waals surface area contributed by atoms with Crippen LogP contribution in [0.5, 0.6) is 5.75 Å². The summed E-state index contributed by atoms with van der Waals surface area (Å²) in [6, 6.07) is 22.2. The van der Waals surface area contributed by atoms with Crippen LogP contribution in [0, 0.1) is 10.1 Å². The average Bonchev–Trinajstić information content (AvgIpc) is 3.03. The van der Waals surface area contributed by atoms with E-state index in [1.807, 2.05) is 66.5 Å². The molecule has 3 aromatic carbocycles. The molecule has 46 heavy (non-hydrogen) atoms. The second kappa shape index (κ2) is 16.1. The predicted molar refractivity (Wildman–Crippen MR) is 177 cm³/mol. The Hall–Kier alpha value is -4.68. The number of hydrogen-bond acceptors (Lipinski definition) is 10. The molecule has 0 aromatic heterocycles. The molecule has 12 heteroatoms. The van der Waals surface area contributed by atoms with Crippen LogP contribution in [-0.4, -0.2) is 65.4 Å². The molecule has 1 unspecified atom stereocenters. The molecule has 0 spiro atoms. The van der Waals surface area contributed by atoms with Gasteiger partial charge in [0.15, 0.2) is 5.17 Å². The monoisotopic (exact) mass is 646 g/mol. The highest BCUT2D eigenvalue weighted by molar-refractivity contribution is 8.13. The minimum Gasteiger partial charge on any atom is -0.497 e. The van der Waals surface area contributed by atoms with Crippen LogP contribution in [0.4, 0.5) is 10.5 Å². The molecule has 0 radical (unpaired) electrons. The fourth-order valence-corrected chi connectivity index (χ4v) is 5.85. The topological polar surface area (TPSA) is 124 Å². The number of benzene rings is 3. The minimum atomic E-state index is -1.09. The van der Waals surface area contributed by atoms with Gasteiger partial charge in [-0.3, -0.25) is 15.0 Å². The molecule has 4 rings (SSSR count). The van der Waals surface area contributed by atoms with E-state index < -0.39 is 29.1 Å². The number of carbonyl (C=O) groups excluding carboxylic acids is 2. The van der Waals surface area contributed by atoms with E-state index in [2.05, 4.69) is 0 Å². The summed E-state index contributed by atoms with van der Waals surface area (Å²) >= 11 is 1.29. The predicted octanol–water partition coefficient (Wildman–Crippen LogP) is 6.74. The molecule has 3 aromatic rings. The number of nitro groups is 1. The lowest BCUT2D eigenvalue weighted by molar-refractivity contribution is -0.384. The average molecular weight is 647 g/mol. The van der Waals surface area contributed by atoms with E-state index in [4.69, 9.17) is 19.2 Å². The van der Waals surface area contributed by atoms with Gasteiger partial charge in [0, 0.05) is 31.0 Å². The molecule has 0 aliphatic carbocycles. The quantitative estimate of drug-likeness (QED) is 0.119. The summed E-state index contributed by atoms with van der Waals surface area (Å²) in [4.78, 5) is 46.8. The van der Waals surface area contributed by atoms with Crippen LogP contribution in [0.15, 0.2) is 95.1 Å². The molecule has 11 nitrogen and oxygen atoms in total. The molecule has 0 saturated heterocycles. The first-order valence-corrected chi connectivity index (χ1v) is 15.7.